The van der Waals surface area contributed by atoms with E-state index >= 15 is 0 Å². The summed E-state index contributed by atoms with van der Waals surface area (Å²) in [5, 5.41) is 0. The van der Waals surface area contributed by atoms with Crippen molar-refractivity contribution in [2.24, 2.45) is 11.8 Å². The van der Waals surface area contributed by atoms with Gasteiger partial charge in [0.2, 0.25) is 0 Å². The van der Waals surface area contributed by atoms with Crippen molar-refractivity contribution in [2.45, 2.75) is 27.7 Å². The second-order valence-electron chi connectivity index (χ2n) is 4.27. The molecule has 0 unspecified atom stereocenters. The summed E-state index contributed by atoms with van der Waals surface area (Å²) in [7, 11) is 0. The molecule has 0 aromatic heterocycles. The third-order valence-electron chi connectivity index (χ3n) is 2.28. The molecule has 0 aromatic carbocycles. The van der Waals surface area contributed by atoms with Crippen LogP contribution in [0.3, 0.4) is 0 Å². The summed E-state index contributed by atoms with van der Waals surface area (Å²) in [4.78, 5) is 23.7. The second kappa shape index (κ2) is 6.21. The van der Waals surface area contributed by atoms with Crippen molar-refractivity contribution in [3.05, 3.63) is 36.5 Å². The Hall–Kier alpha value is -1.44. The van der Waals surface area contributed by atoms with Crippen LogP contribution in [0, 0.1) is 11.8 Å². The fourth-order valence-corrected chi connectivity index (χ4v) is 1.31. The Balaban J connectivity index is 5.56. The highest BCUT2D eigenvalue weighted by atomic mass is 16.1. The van der Waals surface area contributed by atoms with Gasteiger partial charge in [-0.05, 0) is 0 Å². The summed E-state index contributed by atoms with van der Waals surface area (Å²) >= 11 is 0. The fraction of sp³-hybridized carbons (Fsp3) is 0.429. The Morgan fingerprint density at radius 2 is 1.06 bits per heavy atom. The first-order valence-corrected chi connectivity index (χ1v) is 5.44. The van der Waals surface area contributed by atoms with Crippen LogP contribution in [0.2, 0.25) is 0 Å². The van der Waals surface area contributed by atoms with E-state index in [-0.39, 0.29) is 23.4 Å². The fourth-order valence-electron chi connectivity index (χ4n) is 1.31. The van der Waals surface area contributed by atoms with E-state index in [4.69, 9.17) is 0 Å². The van der Waals surface area contributed by atoms with Crippen molar-refractivity contribution in [1.82, 2.24) is 0 Å². The van der Waals surface area contributed by atoms with Gasteiger partial charge in [-0.3, -0.25) is 9.59 Å². The van der Waals surface area contributed by atoms with E-state index in [1.165, 1.54) is 12.2 Å². The molecular weight excluding hydrogens is 200 g/mol. The molecule has 0 aliphatic carbocycles. The Morgan fingerprint density at radius 1 is 0.812 bits per heavy atom. The summed E-state index contributed by atoms with van der Waals surface area (Å²) in [6.45, 7) is 14.4. The topological polar surface area (TPSA) is 34.1 Å². The zero-order valence-electron chi connectivity index (χ0n) is 10.5. The molecule has 0 aliphatic rings. The van der Waals surface area contributed by atoms with Crippen LogP contribution in [0.5, 0.6) is 0 Å². The van der Waals surface area contributed by atoms with Gasteiger partial charge in [-0.25, -0.2) is 0 Å². The molecule has 88 valence electrons. The zero-order chi connectivity index (χ0) is 12.9. The molecule has 0 radical (unpaired) electrons. The minimum atomic E-state index is -0.150. The molecule has 0 heterocycles. The molecule has 0 rings (SSSR count). The monoisotopic (exact) mass is 220 g/mol. The Bertz CT molecular complexity index is 310. The van der Waals surface area contributed by atoms with Crippen molar-refractivity contribution in [3.63, 3.8) is 0 Å². The molecule has 0 bridgehead atoms. The van der Waals surface area contributed by atoms with Crippen molar-refractivity contribution in [2.75, 3.05) is 0 Å². The van der Waals surface area contributed by atoms with Gasteiger partial charge in [-0.1, -0.05) is 53.0 Å². The van der Waals surface area contributed by atoms with Crippen LogP contribution in [-0.2, 0) is 9.59 Å². The van der Waals surface area contributed by atoms with Gasteiger partial charge in [0.25, 0.3) is 0 Å². The van der Waals surface area contributed by atoms with Gasteiger partial charge < -0.3 is 0 Å². The number of hydrogen-bond acceptors (Lipinski definition) is 2. The summed E-state index contributed by atoms with van der Waals surface area (Å²) in [5.74, 6) is -0.441. The second-order valence-corrected chi connectivity index (χ2v) is 4.27. The molecule has 0 saturated heterocycles. The first-order valence-electron chi connectivity index (χ1n) is 5.44. The lowest BCUT2D eigenvalue weighted by molar-refractivity contribution is -0.120. The summed E-state index contributed by atoms with van der Waals surface area (Å²) in [5.41, 5.74) is 0.757. The van der Waals surface area contributed by atoms with Gasteiger partial charge in [0.1, 0.15) is 0 Å². The maximum atomic E-state index is 11.9. The number of hydrogen-bond donors (Lipinski definition) is 0. The maximum Gasteiger partial charge on any atom is 0.166 e. The molecule has 0 aliphatic heterocycles. The summed E-state index contributed by atoms with van der Waals surface area (Å²) < 4.78 is 0. The minimum absolute atomic E-state index is 0.0705. The SMILES string of the molecule is C=C/C(C(=O)C(C)C)=C(\C=C)C(=O)C(C)C. The summed E-state index contributed by atoms with van der Waals surface area (Å²) in [6, 6.07) is 0. The van der Waals surface area contributed by atoms with E-state index in [0.29, 0.717) is 11.1 Å². The molecule has 16 heavy (non-hydrogen) atoms. The molecule has 0 atom stereocenters. The zero-order valence-corrected chi connectivity index (χ0v) is 10.5. The third kappa shape index (κ3) is 3.30. The predicted octanol–water partition coefficient (Wildman–Crippen LogP) is 3.11. The van der Waals surface area contributed by atoms with Crippen LogP contribution in [0.15, 0.2) is 36.5 Å². The van der Waals surface area contributed by atoms with Crippen molar-refractivity contribution in [1.29, 1.82) is 0 Å². The van der Waals surface area contributed by atoms with Gasteiger partial charge in [0.05, 0.1) is 0 Å². The van der Waals surface area contributed by atoms with E-state index in [0.717, 1.165) is 0 Å². The Morgan fingerprint density at radius 3 is 1.19 bits per heavy atom. The lowest BCUT2D eigenvalue weighted by Crippen LogP contribution is -2.17. The third-order valence-corrected chi connectivity index (χ3v) is 2.28. The number of ketones is 2. The van der Waals surface area contributed by atoms with E-state index in [9.17, 15) is 9.59 Å². The number of Topliss-reactive ketones (excluding diaryl/α,β-unsaturated/α-hetero) is 2. The number of rotatable bonds is 6. The molecule has 0 amide bonds. The van der Waals surface area contributed by atoms with E-state index in [2.05, 4.69) is 13.2 Å². The highest BCUT2D eigenvalue weighted by Gasteiger charge is 2.20. The molecule has 0 saturated carbocycles. The van der Waals surface area contributed by atoms with Crippen LogP contribution in [-0.4, -0.2) is 11.6 Å². The smallest absolute Gasteiger partial charge is 0.166 e. The van der Waals surface area contributed by atoms with Gasteiger partial charge in [0.15, 0.2) is 11.6 Å². The highest BCUT2D eigenvalue weighted by molar-refractivity contribution is 6.10. The quantitative estimate of drug-likeness (QED) is 0.509. The molecule has 0 aromatic rings. The van der Waals surface area contributed by atoms with Crippen molar-refractivity contribution >= 4 is 11.6 Å². The maximum absolute atomic E-state index is 11.9. The lowest BCUT2D eigenvalue weighted by atomic mass is 9.91. The average molecular weight is 220 g/mol. The van der Waals surface area contributed by atoms with Crippen LogP contribution in [0.4, 0.5) is 0 Å². The van der Waals surface area contributed by atoms with Crippen molar-refractivity contribution < 1.29 is 9.59 Å². The van der Waals surface area contributed by atoms with Gasteiger partial charge in [0, 0.05) is 23.0 Å². The standard InChI is InChI=1S/C14H20O2/c1-7-11(13(15)9(3)4)12(8-2)14(16)10(5)6/h7-10H,1-2H2,3-6H3/b12-11-. The number of carbonyl (C=O) groups is 2. The molecular formula is C14H20O2. The first kappa shape index (κ1) is 14.6. The van der Waals surface area contributed by atoms with Crippen LogP contribution in [0.1, 0.15) is 27.7 Å². The molecule has 0 N–H and O–H groups in total. The molecule has 0 fully saturated rings. The van der Waals surface area contributed by atoms with E-state index in [1.807, 2.05) is 0 Å². The molecule has 2 nitrogen and oxygen atoms in total. The van der Waals surface area contributed by atoms with Crippen molar-refractivity contribution in [3.8, 4) is 0 Å². The van der Waals surface area contributed by atoms with Crippen LogP contribution in [0.25, 0.3) is 0 Å². The lowest BCUT2D eigenvalue weighted by Gasteiger charge is -2.11. The average Bonchev–Trinajstić information content (AvgIpc) is 2.23. The van der Waals surface area contributed by atoms with E-state index < -0.39 is 0 Å². The molecule has 0 spiro atoms. The van der Waals surface area contributed by atoms with Gasteiger partial charge in [-0.2, -0.15) is 0 Å². The highest BCUT2D eigenvalue weighted by Crippen LogP contribution is 2.17. The predicted molar refractivity (Wildman–Crippen MR) is 67.1 cm³/mol. The normalized spacial score (nSPS) is 12.4. The number of carbonyl (C=O) groups excluding carboxylic acids is 2. The largest absolute Gasteiger partial charge is 0.294 e. The molecule has 2 heteroatoms. The Kier molecular flexibility index (Phi) is 5.65. The Labute approximate surface area is 97.7 Å². The first-order chi connectivity index (χ1) is 7.36. The van der Waals surface area contributed by atoms with Gasteiger partial charge >= 0.3 is 0 Å². The minimum Gasteiger partial charge on any atom is -0.294 e. The van der Waals surface area contributed by atoms with E-state index in [1.54, 1.807) is 27.7 Å². The summed E-state index contributed by atoms with van der Waals surface area (Å²) in [6.07, 6.45) is 2.89. The van der Waals surface area contributed by atoms with Crippen LogP contribution >= 0.6 is 0 Å². The number of allylic oxidation sites excluding steroid dienone is 4. The van der Waals surface area contributed by atoms with Gasteiger partial charge in [-0.15, -0.1) is 0 Å². The van der Waals surface area contributed by atoms with Crippen LogP contribution < -0.4 is 0 Å².